The number of hydrazine groups is 1. The predicted molar refractivity (Wildman–Crippen MR) is 55.9 cm³/mol. The Bertz CT molecular complexity index is 248. The van der Waals surface area contributed by atoms with Crippen molar-refractivity contribution in [2.45, 2.75) is 25.8 Å². The van der Waals surface area contributed by atoms with Gasteiger partial charge in [-0.05, 0) is 19.9 Å². The molecule has 1 fully saturated rings. The Balaban J connectivity index is 2.18. The molecule has 2 amide bonds. The molecule has 1 saturated heterocycles. The minimum Gasteiger partial charge on any atom is -0.315 e. The van der Waals surface area contributed by atoms with Crippen LogP contribution in [0.15, 0.2) is 0 Å². The lowest BCUT2D eigenvalue weighted by Crippen LogP contribution is -2.51. The van der Waals surface area contributed by atoms with E-state index in [2.05, 4.69) is 28.4 Å². The van der Waals surface area contributed by atoms with Crippen molar-refractivity contribution < 1.29 is 9.59 Å². The molecule has 4 N–H and O–H groups in total. The van der Waals surface area contributed by atoms with Gasteiger partial charge < -0.3 is 10.6 Å². The maximum Gasteiger partial charge on any atom is 0.252 e. The number of hydrogen-bond acceptors (Lipinski definition) is 4. The van der Waals surface area contributed by atoms with Gasteiger partial charge in [-0.15, -0.1) is 0 Å². The van der Waals surface area contributed by atoms with Gasteiger partial charge >= 0.3 is 0 Å². The highest BCUT2D eigenvalue weighted by Gasteiger charge is 2.28. The molecule has 0 spiro atoms. The minimum atomic E-state index is -0.280. The molecule has 6 nitrogen and oxygen atoms in total. The summed E-state index contributed by atoms with van der Waals surface area (Å²) in [7, 11) is 0. The monoisotopic (exact) mass is 214 g/mol. The Labute approximate surface area is 89.1 Å². The zero-order valence-corrected chi connectivity index (χ0v) is 9.14. The lowest BCUT2D eigenvalue weighted by Gasteiger charge is -2.24. The Hall–Kier alpha value is -1.14. The van der Waals surface area contributed by atoms with Crippen LogP contribution in [0.4, 0.5) is 0 Å². The van der Waals surface area contributed by atoms with Gasteiger partial charge in [0.15, 0.2) is 0 Å². The fourth-order valence-electron chi connectivity index (χ4n) is 1.46. The van der Waals surface area contributed by atoms with Gasteiger partial charge in [-0.2, -0.15) is 0 Å². The summed E-state index contributed by atoms with van der Waals surface area (Å²) in [6.07, 6.45) is 1.00. The highest BCUT2D eigenvalue weighted by atomic mass is 16.2. The van der Waals surface area contributed by atoms with Crippen molar-refractivity contribution in [2.75, 3.05) is 19.6 Å². The first-order valence-electron chi connectivity index (χ1n) is 5.03. The standard InChI is InChI=1S/C9H18N4O2/c1-7(14)12-13-8(15)5-11-9(2)3-4-10-6-9/h10-11H,3-6H2,1-2H3,(H,12,14)(H,13,15). The number of rotatable bonds is 3. The Morgan fingerprint density at radius 3 is 2.67 bits per heavy atom. The lowest BCUT2D eigenvalue weighted by atomic mass is 10.0. The number of carbonyl (C=O) groups is 2. The van der Waals surface area contributed by atoms with Gasteiger partial charge in [0.2, 0.25) is 5.91 Å². The molecule has 1 rings (SSSR count). The smallest absolute Gasteiger partial charge is 0.252 e. The number of carbonyl (C=O) groups excluding carboxylic acids is 2. The molecule has 86 valence electrons. The van der Waals surface area contributed by atoms with Crippen molar-refractivity contribution in [2.24, 2.45) is 0 Å². The maximum absolute atomic E-state index is 11.2. The Morgan fingerprint density at radius 2 is 2.13 bits per heavy atom. The third-order valence-electron chi connectivity index (χ3n) is 2.42. The zero-order chi connectivity index (χ0) is 11.3. The summed E-state index contributed by atoms with van der Waals surface area (Å²) < 4.78 is 0. The summed E-state index contributed by atoms with van der Waals surface area (Å²) in [6.45, 7) is 5.45. The second kappa shape index (κ2) is 5.09. The van der Waals surface area contributed by atoms with E-state index in [1.54, 1.807) is 0 Å². The van der Waals surface area contributed by atoms with Crippen molar-refractivity contribution >= 4 is 11.8 Å². The molecular weight excluding hydrogens is 196 g/mol. The van der Waals surface area contributed by atoms with E-state index in [0.717, 1.165) is 19.5 Å². The highest BCUT2D eigenvalue weighted by molar-refractivity contribution is 5.81. The fraction of sp³-hybridized carbons (Fsp3) is 0.778. The third-order valence-corrected chi connectivity index (χ3v) is 2.42. The zero-order valence-electron chi connectivity index (χ0n) is 9.14. The van der Waals surface area contributed by atoms with E-state index < -0.39 is 0 Å². The van der Waals surface area contributed by atoms with Crippen LogP contribution in [-0.4, -0.2) is 37.0 Å². The maximum atomic E-state index is 11.2. The first kappa shape index (κ1) is 11.9. The van der Waals surface area contributed by atoms with E-state index in [-0.39, 0.29) is 23.9 Å². The fourth-order valence-corrected chi connectivity index (χ4v) is 1.46. The second-order valence-corrected chi connectivity index (χ2v) is 4.07. The van der Waals surface area contributed by atoms with E-state index in [1.165, 1.54) is 6.92 Å². The van der Waals surface area contributed by atoms with Crippen molar-refractivity contribution in [1.82, 2.24) is 21.5 Å². The molecule has 1 aliphatic heterocycles. The average molecular weight is 214 g/mol. The van der Waals surface area contributed by atoms with Gasteiger partial charge in [-0.1, -0.05) is 0 Å². The first-order chi connectivity index (χ1) is 7.02. The van der Waals surface area contributed by atoms with E-state index in [0.29, 0.717) is 0 Å². The molecule has 0 aliphatic carbocycles. The van der Waals surface area contributed by atoms with Crippen molar-refractivity contribution in [3.63, 3.8) is 0 Å². The summed E-state index contributed by atoms with van der Waals surface area (Å²) >= 11 is 0. The number of nitrogens with one attached hydrogen (secondary N) is 4. The van der Waals surface area contributed by atoms with Crippen LogP contribution in [0.25, 0.3) is 0 Å². The van der Waals surface area contributed by atoms with E-state index in [1.807, 2.05) is 0 Å². The molecule has 1 aliphatic rings. The first-order valence-corrected chi connectivity index (χ1v) is 5.03. The molecule has 0 saturated carbocycles. The van der Waals surface area contributed by atoms with Crippen LogP contribution >= 0.6 is 0 Å². The largest absolute Gasteiger partial charge is 0.315 e. The summed E-state index contributed by atoms with van der Waals surface area (Å²) in [5, 5.41) is 6.38. The molecule has 15 heavy (non-hydrogen) atoms. The van der Waals surface area contributed by atoms with Gasteiger partial charge in [0.25, 0.3) is 5.91 Å². The highest BCUT2D eigenvalue weighted by Crippen LogP contribution is 2.12. The molecule has 1 atom stereocenters. The molecular formula is C9H18N4O2. The normalized spacial score (nSPS) is 24.9. The summed E-state index contributed by atoms with van der Waals surface area (Å²) in [5.41, 5.74) is 4.52. The van der Waals surface area contributed by atoms with Crippen LogP contribution in [0.5, 0.6) is 0 Å². The van der Waals surface area contributed by atoms with E-state index in [9.17, 15) is 9.59 Å². The Morgan fingerprint density at radius 1 is 1.40 bits per heavy atom. The predicted octanol–water partition coefficient (Wildman–Crippen LogP) is -1.50. The summed E-state index contributed by atoms with van der Waals surface area (Å²) in [4.78, 5) is 21.8. The summed E-state index contributed by atoms with van der Waals surface area (Å²) in [6, 6.07) is 0. The third kappa shape index (κ3) is 4.26. The van der Waals surface area contributed by atoms with Crippen LogP contribution in [0.3, 0.4) is 0 Å². The van der Waals surface area contributed by atoms with Gasteiger partial charge in [0.1, 0.15) is 0 Å². The number of amides is 2. The van der Waals surface area contributed by atoms with Crippen molar-refractivity contribution in [1.29, 1.82) is 0 Å². The molecule has 0 radical (unpaired) electrons. The van der Waals surface area contributed by atoms with Gasteiger partial charge in [-0.3, -0.25) is 20.4 Å². The summed E-state index contributed by atoms with van der Waals surface area (Å²) in [5.74, 6) is -0.518. The Kier molecular flexibility index (Phi) is 4.05. The average Bonchev–Trinajstić information content (AvgIpc) is 2.60. The minimum absolute atomic E-state index is 0.0203. The molecule has 6 heteroatoms. The molecule has 1 unspecified atom stereocenters. The van der Waals surface area contributed by atoms with Crippen LogP contribution in [-0.2, 0) is 9.59 Å². The van der Waals surface area contributed by atoms with Crippen LogP contribution in [0.2, 0.25) is 0 Å². The van der Waals surface area contributed by atoms with E-state index >= 15 is 0 Å². The SMILES string of the molecule is CC(=O)NNC(=O)CNC1(C)CCNC1. The van der Waals surface area contributed by atoms with Gasteiger partial charge in [0.05, 0.1) is 6.54 Å². The van der Waals surface area contributed by atoms with Crippen LogP contribution in [0, 0.1) is 0 Å². The van der Waals surface area contributed by atoms with Gasteiger partial charge in [0, 0.05) is 19.0 Å². The molecule has 0 bridgehead atoms. The molecule has 0 aromatic carbocycles. The van der Waals surface area contributed by atoms with Crippen LogP contribution < -0.4 is 21.5 Å². The molecule has 0 aromatic rings. The van der Waals surface area contributed by atoms with Gasteiger partial charge in [-0.25, -0.2) is 0 Å². The van der Waals surface area contributed by atoms with E-state index in [4.69, 9.17) is 0 Å². The second-order valence-electron chi connectivity index (χ2n) is 4.07. The molecule has 1 heterocycles. The van der Waals surface area contributed by atoms with Crippen molar-refractivity contribution in [3.05, 3.63) is 0 Å². The molecule has 0 aromatic heterocycles. The topological polar surface area (TPSA) is 82.3 Å². The van der Waals surface area contributed by atoms with Crippen LogP contribution in [0.1, 0.15) is 20.3 Å². The number of hydrogen-bond donors (Lipinski definition) is 4. The van der Waals surface area contributed by atoms with Crippen molar-refractivity contribution in [3.8, 4) is 0 Å². The lowest BCUT2D eigenvalue weighted by molar-refractivity contribution is -0.127. The quantitative estimate of drug-likeness (QED) is 0.431.